The molecule has 5 rings (SSSR count). The summed E-state index contributed by atoms with van der Waals surface area (Å²) in [5, 5.41) is 86.7. The normalized spacial score (nSPS) is 38.8. The van der Waals surface area contributed by atoms with E-state index in [9.17, 15) is 40.9 Å². The molecule has 0 aliphatic carbocycles. The van der Waals surface area contributed by atoms with Crippen molar-refractivity contribution in [1.29, 1.82) is 0 Å². The molecule has 0 spiro atoms. The fourth-order valence-corrected chi connectivity index (χ4v) is 5.90. The fraction of sp³-hybridized carbons (Fsp3) is 0.778. The van der Waals surface area contributed by atoms with Crippen molar-refractivity contribution < 1.29 is 64.5 Å². The third kappa shape index (κ3) is 6.68. The number of benzene rings is 1. The first-order chi connectivity index (χ1) is 20.2. The molecule has 4 aliphatic heterocycles. The summed E-state index contributed by atoms with van der Waals surface area (Å²) in [6.45, 7) is 1.53. The number of fused-ring (bicyclic) bond motifs is 1. The summed E-state index contributed by atoms with van der Waals surface area (Å²) in [7, 11) is 0. The molecule has 4 heterocycles. The van der Waals surface area contributed by atoms with E-state index in [1.165, 1.54) is 0 Å². The molecule has 0 radical (unpaired) electrons. The molecule has 0 bridgehead atoms. The predicted molar refractivity (Wildman–Crippen MR) is 141 cm³/mol. The van der Waals surface area contributed by atoms with Crippen molar-refractivity contribution in [3.05, 3.63) is 23.8 Å². The van der Waals surface area contributed by atoms with E-state index in [0.717, 1.165) is 25.9 Å². The zero-order valence-corrected chi connectivity index (χ0v) is 23.1. The second-order valence-electron chi connectivity index (χ2n) is 11.2. The molecule has 0 saturated carbocycles. The minimum absolute atomic E-state index is 0.386. The third-order valence-corrected chi connectivity index (χ3v) is 8.32. The highest BCUT2D eigenvalue weighted by atomic mass is 16.7. The largest absolute Gasteiger partial charge is 0.486 e. The molecule has 0 aromatic heterocycles. The zero-order chi connectivity index (χ0) is 30.0. The van der Waals surface area contributed by atoms with Crippen molar-refractivity contribution >= 4 is 0 Å². The Hall–Kier alpha value is -1.70. The Morgan fingerprint density at radius 3 is 2.21 bits per heavy atom. The molecule has 238 valence electrons. The van der Waals surface area contributed by atoms with Gasteiger partial charge in [-0.3, -0.25) is 5.32 Å². The SMILES string of the molecule is OC[C@H]1O[C@@H](O[C@H]2[C@H](O)[C@@H](O)C(N[C@H](CN3CCCC3)[C@H](O)c3ccc4c(c3)OCCO4)O[C@@H]2CO)[C@H](O)[C@@H](O)[C@H]1O. The average Bonchev–Trinajstić information content (AvgIpc) is 3.53. The molecule has 9 N–H and O–H groups in total. The van der Waals surface area contributed by atoms with Crippen LogP contribution in [0.4, 0.5) is 0 Å². The van der Waals surface area contributed by atoms with Crippen LogP contribution in [0.1, 0.15) is 24.5 Å². The molecule has 1 aromatic rings. The van der Waals surface area contributed by atoms with E-state index in [1.54, 1.807) is 18.2 Å². The van der Waals surface area contributed by atoms with E-state index in [-0.39, 0.29) is 0 Å². The van der Waals surface area contributed by atoms with Gasteiger partial charge in [0.1, 0.15) is 68.3 Å². The topological polar surface area (TPSA) is 223 Å². The van der Waals surface area contributed by atoms with Crippen LogP contribution in [-0.4, -0.2) is 159 Å². The van der Waals surface area contributed by atoms with Gasteiger partial charge in [-0.05, 0) is 43.6 Å². The van der Waals surface area contributed by atoms with Crippen LogP contribution >= 0.6 is 0 Å². The van der Waals surface area contributed by atoms with E-state index >= 15 is 0 Å². The molecule has 12 atom stereocenters. The van der Waals surface area contributed by atoms with Crippen molar-refractivity contribution in [2.24, 2.45) is 0 Å². The maximum Gasteiger partial charge on any atom is 0.187 e. The average molecular weight is 603 g/mol. The lowest BCUT2D eigenvalue weighted by Gasteiger charge is -2.47. The molecular formula is C27H42N2O13. The van der Waals surface area contributed by atoms with Crippen molar-refractivity contribution in [3.8, 4) is 11.5 Å². The Labute approximate surface area is 242 Å². The van der Waals surface area contributed by atoms with E-state index in [1.807, 2.05) is 0 Å². The van der Waals surface area contributed by atoms with Crippen molar-refractivity contribution in [3.63, 3.8) is 0 Å². The fourth-order valence-electron chi connectivity index (χ4n) is 5.90. The number of hydrogen-bond acceptors (Lipinski definition) is 15. The number of nitrogens with zero attached hydrogens (tertiary/aromatic N) is 1. The Bertz CT molecular complexity index is 1010. The molecule has 0 amide bonds. The van der Waals surface area contributed by atoms with Gasteiger partial charge in [0, 0.05) is 6.54 Å². The number of likely N-dealkylation sites (tertiary alicyclic amines) is 1. The van der Waals surface area contributed by atoms with E-state index in [0.29, 0.717) is 36.8 Å². The molecule has 15 nitrogen and oxygen atoms in total. The van der Waals surface area contributed by atoms with Crippen LogP contribution in [0.25, 0.3) is 0 Å². The Morgan fingerprint density at radius 1 is 0.833 bits per heavy atom. The van der Waals surface area contributed by atoms with Crippen LogP contribution in [0.3, 0.4) is 0 Å². The maximum atomic E-state index is 11.5. The summed E-state index contributed by atoms with van der Waals surface area (Å²) < 4.78 is 28.2. The van der Waals surface area contributed by atoms with Gasteiger partial charge in [-0.25, -0.2) is 0 Å². The van der Waals surface area contributed by atoms with Crippen LogP contribution in [0.5, 0.6) is 11.5 Å². The van der Waals surface area contributed by atoms with Crippen molar-refractivity contribution in [2.75, 3.05) is 46.1 Å². The molecule has 15 heteroatoms. The highest BCUT2D eigenvalue weighted by Gasteiger charge is 2.51. The minimum atomic E-state index is -1.76. The second kappa shape index (κ2) is 13.9. The number of aliphatic hydroxyl groups excluding tert-OH is 8. The summed E-state index contributed by atoms with van der Waals surface area (Å²) in [4.78, 5) is 2.17. The van der Waals surface area contributed by atoms with Gasteiger partial charge < -0.3 is 69.4 Å². The van der Waals surface area contributed by atoms with Crippen LogP contribution in [-0.2, 0) is 14.2 Å². The van der Waals surface area contributed by atoms with Crippen LogP contribution in [0.2, 0.25) is 0 Å². The summed E-state index contributed by atoms with van der Waals surface area (Å²) in [6.07, 6.45) is -14.2. The number of nitrogens with one attached hydrogen (secondary N) is 1. The lowest BCUT2D eigenvalue weighted by atomic mass is 9.95. The van der Waals surface area contributed by atoms with Gasteiger partial charge in [-0.2, -0.15) is 0 Å². The van der Waals surface area contributed by atoms with Gasteiger partial charge in [0.25, 0.3) is 0 Å². The number of ether oxygens (including phenoxy) is 5. The smallest absolute Gasteiger partial charge is 0.187 e. The Morgan fingerprint density at radius 2 is 1.52 bits per heavy atom. The molecule has 42 heavy (non-hydrogen) atoms. The summed E-state index contributed by atoms with van der Waals surface area (Å²) in [5.74, 6) is 1.09. The third-order valence-electron chi connectivity index (χ3n) is 8.32. The van der Waals surface area contributed by atoms with Gasteiger partial charge >= 0.3 is 0 Å². The highest BCUT2D eigenvalue weighted by Crippen LogP contribution is 2.34. The van der Waals surface area contributed by atoms with E-state index < -0.39 is 86.7 Å². The molecule has 3 saturated heterocycles. The van der Waals surface area contributed by atoms with Gasteiger partial charge in [-0.15, -0.1) is 0 Å². The first-order valence-electron chi connectivity index (χ1n) is 14.4. The van der Waals surface area contributed by atoms with Gasteiger partial charge in [-0.1, -0.05) is 6.07 Å². The summed E-state index contributed by atoms with van der Waals surface area (Å²) in [6, 6.07) is 4.47. The van der Waals surface area contributed by atoms with Crippen molar-refractivity contribution in [2.45, 2.75) is 86.3 Å². The van der Waals surface area contributed by atoms with Gasteiger partial charge in [0.2, 0.25) is 0 Å². The van der Waals surface area contributed by atoms with Crippen LogP contribution < -0.4 is 14.8 Å². The van der Waals surface area contributed by atoms with Gasteiger partial charge in [0.05, 0.1) is 25.4 Å². The number of aliphatic hydroxyl groups is 8. The quantitative estimate of drug-likeness (QED) is 0.125. The zero-order valence-electron chi connectivity index (χ0n) is 23.1. The lowest BCUT2D eigenvalue weighted by Crippen LogP contribution is -2.67. The Kier molecular flexibility index (Phi) is 10.5. The first kappa shape index (κ1) is 31.7. The van der Waals surface area contributed by atoms with Crippen LogP contribution in [0.15, 0.2) is 18.2 Å². The molecular weight excluding hydrogens is 560 g/mol. The summed E-state index contributed by atoms with van der Waals surface area (Å²) >= 11 is 0. The summed E-state index contributed by atoms with van der Waals surface area (Å²) in [5.41, 5.74) is 0.546. The number of rotatable bonds is 10. The van der Waals surface area contributed by atoms with Crippen LogP contribution in [0, 0.1) is 0 Å². The monoisotopic (exact) mass is 602 g/mol. The van der Waals surface area contributed by atoms with E-state index in [4.69, 9.17) is 23.7 Å². The minimum Gasteiger partial charge on any atom is -0.486 e. The molecule has 3 fully saturated rings. The lowest BCUT2D eigenvalue weighted by molar-refractivity contribution is -0.343. The molecule has 1 unspecified atom stereocenters. The van der Waals surface area contributed by atoms with E-state index in [2.05, 4.69) is 10.2 Å². The van der Waals surface area contributed by atoms with Gasteiger partial charge in [0.15, 0.2) is 17.8 Å². The maximum absolute atomic E-state index is 11.5. The second-order valence-corrected chi connectivity index (χ2v) is 11.2. The first-order valence-corrected chi connectivity index (χ1v) is 14.4. The number of hydrogen-bond donors (Lipinski definition) is 9. The highest BCUT2D eigenvalue weighted by molar-refractivity contribution is 5.44. The Balaban J connectivity index is 1.31. The predicted octanol–water partition coefficient (Wildman–Crippen LogP) is -3.83. The molecule has 4 aliphatic rings. The van der Waals surface area contributed by atoms with Crippen molar-refractivity contribution in [1.82, 2.24) is 10.2 Å². The standard InChI is InChI=1S/C27H42N2O13/c30-11-17-20(33)21(34)24(37)27(41-17)42-25-18(12-31)40-26(23(36)22(25)35)28-14(10-29-5-1-2-6-29)19(32)13-3-4-15-16(9-13)39-8-7-38-15/h3-4,9,14,17-28,30-37H,1-2,5-8,10-12H2/t14-,17-,18-,19-,20+,21+,22-,23-,24-,25-,26?,27+/m1/s1. The molecule has 1 aromatic carbocycles.